The zero-order chi connectivity index (χ0) is 12.3. The van der Waals surface area contributed by atoms with Crippen molar-refractivity contribution in [3.8, 4) is 0 Å². The van der Waals surface area contributed by atoms with Crippen molar-refractivity contribution in [2.75, 3.05) is 13.1 Å². The molecule has 17 heavy (non-hydrogen) atoms. The third-order valence-electron chi connectivity index (χ3n) is 3.57. The van der Waals surface area contributed by atoms with Crippen molar-refractivity contribution in [3.05, 3.63) is 34.6 Å². The molecule has 1 aromatic carbocycles. The summed E-state index contributed by atoms with van der Waals surface area (Å²) in [5, 5.41) is 3.39. The second kappa shape index (κ2) is 5.15. The minimum Gasteiger partial charge on any atom is -0.317 e. The van der Waals surface area contributed by atoms with E-state index in [4.69, 9.17) is 11.6 Å². The summed E-state index contributed by atoms with van der Waals surface area (Å²) < 4.78 is 13.5. The zero-order valence-electron chi connectivity index (χ0n) is 9.51. The van der Waals surface area contributed by atoms with Crippen LogP contribution in [-0.4, -0.2) is 19.4 Å². The highest BCUT2D eigenvalue weighted by Crippen LogP contribution is 2.37. The maximum atomic E-state index is 13.5. The lowest BCUT2D eigenvalue weighted by Gasteiger charge is -2.37. The summed E-state index contributed by atoms with van der Waals surface area (Å²) in [4.78, 5) is 10.9. The number of benzene rings is 1. The molecule has 0 unspecified atom stereocenters. The van der Waals surface area contributed by atoms with Crippen LogP contribution in [0.15, 0.2) is 18.2 Å². The number of aldehydes is 1. The number of hydrogen-bond acceptors (Lipinski definition) is 2. The minimum absolute atomic E-state index is 0.129. The Hall–Kier alpha value is -0.930. The van der Waals surface area contributed by atoms with E-state index >= 15 is 0 Å². The molecule has 1 aliphatic rings. The first-order valence-corrected chi connectivity index (χ1v) is 6.16. The Balaban J connectivity index is 2.37. The van der Waals surface area contributed by atoms with Gasteiger partial charge in [0.25, 0.3) is 0 Å². The summed E-state index contributed by atoms with van der Waals surface area (Å²) in [5.74, 6) is -0.409. The molecule has 0 atom stereocenters. The molecule has 2 rings (SSSR count). The molecule has 0 spiro atoms. The summed E-state index contributed by atoms with van der Waals surface area (Å²) in [7, 11) is 0. The number of hydrogen-bond donors (Lipinski definition) is 1. The molecule has 92 valence electrons. The van der Waals surface area contributed by atoms with E-state index in [-0.39, 0.29) is 10.4 Å². The van der Waals surface area contributed by atoms with E-state index in [1.165, 1.54) is 6.07 Å². The van der Waals surface area contributed by atoms with Crippen LogP contribution >= 0.6 is 11.6 Å². The molecular weight excluding hydrogens is 241 g/mol. The smallest absolute Gasteiger partial charge is 0.142 e. The molecule has 2 nitrogen and oxygen atoms in total. The largest absolute Gasteiger partial charge is 0.317 e. The third kappa shape index (κ3) is 2.50. The molecule has 4 heteroatoms. The van der Waals surface area contributed by atoms with Gasteiger partial charge in [-0.05, 0) is 43.6 Å². The van der Waals surface area contributed by atoms with Gasteiger partial charge in [0.15, 0.2) is 0 Å². The molecule has 1 aliphatic heterocycles. The van der Waals surface area contributed by atoms with Crippen molar-refractivity contribution in [3.63, 3.8) is 0 Å². The molecule has 1 aromatic rings. The van der Waals surface area contributed by atoms with E-state index in [1.807, 2.05) is 6.07 Å². The third-order valence-corrected chi connectivity index (χ3v) is 3.87. The van der Waals surface area contributed by atoms with Crippen LogP contribution in [0.4, 0.5) is 4.39 Å². The molecule has 0 amide bonds. The van der Waals surface area contributed by atoms with Crippen LogP contribution in [-0.2, 0) is 10.2 Å². The van der Waals surface area contributed by atoms with Crippen molar-refractivity contribution < 1.29 is 9.18 Å². The Morgan fingerprint density at radius 3 is 2.71 bits per heavy atom. The van der Waals surface area contributed by atoms with Gasteiger partial charge in [-0.15, -0.1) is 0 Å². The van der Waals surface area contributed by atoms with Crippen molar-refractivity contribution in [2.45, 2.75) is 24.7 Å². The van der Waals surface area contributed by atoms with Gasteiger partial charge < -0.3 is 10.1 Å². The summed E-state index contributed by atoms with van der Waals surface area (Å²) in [5.41, 5.74) is 0.659. The highest BCUT2D eigenvalue weighted by atomic mass is 35.5. The lowest BCUT2D eigenvalue weighted by molar-refractivity contribution is -0.109. The Morgan fingerprint density at radius 1 is 1.41 bits per heavy atom. The Kier molecular flexibility index (Phi) is 3.79. The first-order chi connectivity index (χ1) is 8.18. The van der Waals surface area contributed by atoms with Gasteiger partial charge >= 0.3 is 0 Å². The first-order valence-electron chi connectivity index (χ1n) is 5.78. The molecule has 1 saturated heterocycles. The van der Waals surface area contributed by atoms with E-state index in [9.17, 15) is 9.18 Å². The topological polar surface area (TPSA) is 29.1 Å². The summed E-state index contributed by atoms with van der Waals surface area (Å²) in [6.07, 6.45) is 3.08. The molecule has 1 N–H and O–H groups in total. The van der Waals surface area contributed by atoms with Crippen LogP contribution in [0.25, 0.3) is 0 Å². The first kappa shape index (κ1) is 12.5. The molecule has 0 saturated carbocycles. The fourth-order valence-corrected chi connectivity index (χ4v) is 2.62. The molecular formula is C13H15ClFNO. The second-order valence-electron chi connectivity index (χ2n) is 4.53. The fraction of sp³-hybridized carbons (Fsp3) is 0.462. The predicted molar refractivity (Wildman–Crippen MR) is 65.9 cm³/mol. The lowest BCUT2D eigenvalue weighted by atomic mass is 9.71. The summed E-state index contributed by atoms with van der Waals surface area (Å²) in [6.45, 7) is 1.72. The van der Waals surface area contributed by atoms with E-state index in [0.717, 1.165) is 37.8 Å². The number of piperidine rings is 1. The van der Waals surface area contributed by atoms with Crippen LogP contribution in [0.1, 0.15) is 24.8 Å². The Bertz CT molecular complexity index is 416. The van der Waals surface area contributed by atoms with Gasteiger partial charge in [-0.25, -0.2) is 4.39 Å². The normalized spacial score (nSPS) is 18.9. The number of carbonyl (C=O) groups is 1. The van der Waals surface area contributed by atoms with Gasteiger partial charge in [0.1, 0.15) is 12.1 Å². The predicted octanol–water partition coefficient (Wildman–Crippen LogP) is 2.69. The number of rotatable bonds is 3. The quantitative estimate of drug-likeness (QED) is 0.842. The van der Waals surface area contributed by atoms with Crippen molar-refractivity contribution in [1.29, 1.82) is 0 Å². The SMILES string of the molecule is O=CCC1(c2ccc(Cl)c(F)c2)CCNCC1. The molecule has 0 bridgehead atoms. The lowest BCUT2D eigenvalue weighted by Crippen LogP contribution is -2.40. The molecule has 0 radical (unpaired) electrons. The van der Waals surface area contributed by atoms with E-state index in [1.54, 1.807) is 6.07 Å². The standard InChI is InChI=1S/C13H15ClFNO/c14-11-2-1-10(9-12(11)15)13(5-8-17)3-6-16-7-4-13/h1-2,8-9,16H,3-7H2. The van der Waals surface area contributed by atoms with Crippen LogP contribution < -0.4 is 5.32 Å². The summed E-state index contributed by atoms with van der Waals surface area (Å²) in [6, 6.07) is 4.87. The van der Waals surface area contributed by atoms with Gasteiger partial charge in [-0.3, -0.25) is 0 Å². The minimum atomic E-state index is -0.409. The molecule has 0 aromatic heterocycles. The van der Waals surface area contributed by atoms with Gasteiger partial charge in [0.05, 0.1) is 5.02 Å². The monoisotopic (exact) mass is 255 g/mol. The number of carbonyl (C=O) groups excluding carboxylic acids is 1. The Morgan fingerprint density at radius 2 is 2.12 bits per heavy atom. The zero-order valence-corrected chi connectivity index (χ0v) is 10.3. The van der Waals surface area contributed by atoms with E-state index in [2.05, 4.69) is 5.32 Å². The second-order valence-corrected chi connectivity index (χ2v) is 4.94. The average molecular weight is 256 g/mol. The molecule has 1 fully saturated rings. The van der Waals surface area contributed by atoms with E-state index in [0.29, 0.717) is 6.42 Å². The molecule has 1 heterocycles. The number of nitrogens with one attached hydrogen (secondary N) is 1. The van der Waals surface area contributed by atoms with E-state index < -0.39 is 5.82 Å². The average Bonchev–Trinajstić information content (AvgIpc) is 2.34. The highest BCUT2D eigenvalue weighted by molar-refractivity contribution is 6.30. The fourth-order valence-electron chi connectivity index (χ4n) is 2.50. The van der Waals surface area contributed by atoms with Crippen molar-refractivity contribution in [1.82, 2.24) is 5.32 Å². The van der Waals surface area contributed by atoms with Crippen molar-refractivity contribution >= 4 is 17.9 Å². The van der Waals surface area contributed by atoms with Crippen LogP contribution in [0.5, 0.6) is 0 Å². The number of halogens is 2. The van der Waals surface area contributed by atoms with Crippen molar-refractivity contribution in [2.24, 2.45) is 0 Å². The van der Waals surface area contributed by atoms with Gasteiger partial charge in [0.2, 0.25) is 0 Å². The van der Waals surface area contributed by atoms with Gasteiger partial charge in [-0.1, -0.05) is 17.7 Å². The van der Waals surface area contributed by atoms with Crippen LogP contribution in [0.3, 0.4) is 0 Å². The maximum absolute atomic E-state index is 13.5. The maximum Gasteiger partial charge on any atom is 0.142 e. The van der Waals surface area contributed by atoms with Crippen LogP contribution in [0.2, 0.25) is 5.02 Å². The summed E-state index contributed by atoms with van der Waals surface area (Å²) >= 11 is 5.69. The van der Waals surface area contributed by atoms with Gasteiger partial charge in [-0.2, -0.15) is 0 Å². The Labute approximate surface area is 105 Å². The van der Waals surface area contributed by atoms with Crippen LogP contribution in [0, 0.1) is 5.82 Å². The highest BCUT2D eigenvalue weighted by Gasteiger charge is 2.33. The molecule has 0 aliphatic carbocycles. The van der Waals surface area contributed by atoms with Gasteiger partial charge in [0, 0.05) is 11.8 Å².